The van der Waals surface area contributed by atoms with Crippen molar-refractivity contribution in [2.24, 2.45) is 0 Å². The number of halogens is 4. The lowest BCUT2D eigenvalue weighted by molar-refractivity contribution is 0.341. The van der Waals surface area contributed by atoms with Crippen LogP contribution in [0, 0.1) is 0 Å². The Labute approximate surface area is 79.6 Å². The predicted molar refractivity (Wildman–Crippen MR) is 46.3 cm³/mol. The van der Waals surface area contributed by atoms with Gasteiger partial charge in [0.05, 0.1) is 0 Å². The van der Waals surface area contributed by atoms with Crippen LogP contribution in [0.5, 0.6) is 0 Å². The lowest BCUT2D eigenvalue weighted by Crippen LogP contribution is -2.14. The molecule has 78 valence electrons. The van der Waals surface area contributed by atoms with Gasteiger partial charge in [-0.3, -0.25) is 0 Å². The van der Waals surface area contributed by atoms with Crippen LogP contribution >= 0.6 is 0 Å². The highest BCUT2D eigenvalue weighted by molar-refractivity contribution is 5.48. The van der Waals surface area contributed by atoms with Gasteiger partial charge >= 0.3 is 0 Å². The molecule has 1 aliphatic carbocycles. The summed E-state index contributed by atoms with van der Waals surface area (Å²) in [6.07, 6.45) is -0.705. The van der Waals surface area contributed by atoms with Gasteiger partial charge in [0, 0.05) is 11.1 Å². The summed E-state index contributed by atoms with van der Waals surface area (Å²) in [7, 11) is 0. The van der Waals surface area contributed by atoms with E-state index in [-0.39, 0.29) is 0 Å². The largest absolute Gasteiger partial charge is 0.234 e. The van der Waals surface area contributed by atoms with Gasteiger partial charge in [-0.15, -0.1) is 0 Å². The van der Waals surface area contributed by atoms with Crippen molar-refractivity contribution in [3.8, 4) is 0 Å². The number of rotatable bonds is 1. The molecule has 0 spiro atoms. The van der Waals surface area contributed by atoms with E-state index in [9.17, 15) is 17.6 Å². The molecule has 1 aliphatic rings. The lowest BCUT2D eigenvalue weighted by atomic mass is 9.97. The third-order valence-electron chi connectivity index (χ3n) is 2.05. The molecule has 4 heteroatoms. The van der Waals surface area contributed by atoms with Crippen LogP contribution in [0.15, 0.2) is 34.7 Å². The van der Waals surface area contributed by atoms with Crippen LogP contribution < -0.4 is 0 Å². The van der Waals surface area contributed by atoms with Crippen molar-refractivity contribution < 1.29 is 17.6 Å². The molecule has 0 fully saturated rings. The average molecular weight is 206 g/mol. The fourth-order valence-electron chi connectivity index (χ4n) is 1.25. The summed E-state index contributed by atoms with van der Waals surface area (Å²) in [4.78, 5) is 0. The summed E-state index contributed by atoms with van der Waals surface area (Å²) in [6, 6.07) is 0. The van der Waals surface area contributed by atoms with Gasteiger partial charge in [0.15, 0.2) is 17.8 Å². The molecule has 0 aliphatic heterocycles. The molecule has 1 atom stereocenters. The van der Waals surface area contributed by atoms with Crippen molar-refractivity contribution in [3.63, 3.8) is 0 Å². The van der Waals surface area contributed by atoms with E-state index in [0.29, 0.717) is 6.42 Å². The van der Waals surface area contributed by atoms with Crippen LogP contribution in [0.3, 0.4) is 0 Å². The molecule has 0 aromatic rings. The van der Waals surface area contributed by atoms with Crippen molar-refractivity contribution >= 4 is 0 Å². The molecule has 1 unspecified atom stereocenters. The van der Waals surface area contributed by atoms with E-state index in [1.165, 1.54) is 0 Å². The summed E-state index contributed by atoms with van der Waals surface area (Å²) in [5.74, 6) is -3.85. The standard InChI is InChI=1S/C10H10F4/c1-3-4-6-9(13)7(11)5(2)8(12)10(6)14/h4,9H,3H2,1-2H3/b6-4+. The number of hydrogen-bond donors (Lipinski definition) is 0. The van der Waals surface area contributed by atoms with Gasteiger partial charge in [-0.1, -0.05) is 13.0 Å². The number of alkyl halides is 1. The van der Waals surface area contributed by atoms with E-state index >= 15 is 0 Å². The maximum absolute atomic E-state index is 13.2. The first-order valence-corrected chi connectivity index (χ1v) is 4.27. The SMILES string of the molecule is CC/C=C1/C(F)=C(F)C(C)=C(F)C1F. The van der Waals surface area contributed by atoms with Crippen LogP contribution in [-0.2, 0) is 0 Å². The normalized spacial score (nSPS) is 26.4. The maximum Gasteiger partial charge on any atom is 0.179 e. The van der Waals surface area contributed by atoms with Crippen molar-refractivity contribution in [1.82, 2.24) is 0 Å². The van der Waals surface area contributed by atoms with Gasteiger partial charge in [0.1, 0.15) is 5.83 Å². The van der Waals surface area contributed by atoms with Crippen molar-refractivity contribution in [1.29, 1.82) is 0 Å². The molecule has 1 rings (SSSR count). The van der Waals surface area contributed by atoms with Gasteiger partial charge in [-0.25, -0.2) is 17.6 Å². The van der Waals surface area contributed by atoms with Crippen LogP contribution in [0.2, 0.25) is 0 Å². The predicted octanol–water partition coefficient (Wildman–Crippen LogP) is 4.07. The minimum Gasteiger partial charge on any atom is -0.234 e. The summed E-state index contributed by atoms with van der Waals surface area (Å²) in [6.45, 7) is 2.65. The van der Waals surface area contributed by atoms with Gasteiger partial charge in [-0.05, 0) is 13.3 Å². The van der Waals surface area contributed by atoms with Crippen LogP contribution in [0.25, 0.3) is 0 Å². The van der Waals surface area contributed by atoms with Crippen LogP contribution in [0.1, 0.15) is 20.3 Å². The zero-order valence-electron chi connectivity index (χ0n) is 7.87. The van der Waals surface area contributed by atoms with E-state index < -0.39 is 34.8 Å². The topological polar surface area (TPSA) is 0 Å². The minimum atomic E-state index is -2.17. The Kier molecular flexibility index (Phi) is 3.13. The smallest absolute Gasteiger partial charge is 0.179 e. The molecule has 0 saturated heterocycles. The monoisotopic (exact) mass is 206 g/mol. The third kappa shape index (κ3) is 1.61. The first-order chi connectivity index (χ1) is 6.50. The molecule has 0 aromatic carbocycles. The molecule has 0 aromatic heterocycles. The van der Waals surface area contributed by atoms with Crippen molar-refractivity contribution in [2.75, 3.05) is 0 Å². The second-order valence-corrected chi connectivity index (χ2v) is 3.03. The van der Waals surface area contributed by atoms with Gasteiger partial charge in [0.25, 0.3) is 0 Å². The van der Waals surface area contributed by atoms with Crippen molar-refractivity contribution in [2.45, 2.75) is 26.4 Å². The highest BCUT2D eigenvalue weighted by atomic mass is 19.2. The first-order valence-electron chi connectivity index (χ1n) is 4.27. The van der Waals surface area contributed by atoms with Gasteiger partial charge in [0.2, 0.25) is 0 Å². The molecule has 0 bridgehead atoms. The van der Waals surface area contributed by atoms with E-state index in [2.05, 4.69) is 0 Å². The maximum atomic E-state index is 13.2. The molecule has 0 N–H and O–H groups in total. The summed E-state index contributed by atoms with van der Waals surface area (Å²) >= 11 is 0. The van der Waals surface area contributed by atoms with E-state index in [1.54, 1.807) is 6.92 Å². The van der Waals surface area contributed by atoms with Gasteiger partial charge in [-0.2, -0.15) is 0 Å². The highest BCUT2D eigenvalue weighted by Crippen LogP contribution is 2.38. The summed E-state index contributed by atoms with van der Waals surface area (Å²) in [5.41, 5.74) is -1.14. The molecule has 0 radical (unpaired) electrons. The Balaban J connectivity index is 3.26. The van der Waals surface area contributed by atoms with Crippen LogP contribution in [-0.4, -0.2) is 6.17 Å². The number of hydrogen-bond acceptors (Lipinski definition) is 0. The molecule has 0 amide bonds. The van der Waals surface area contributed by atoms with Gasteiger partial charge < -0.3 is 0 Å². The molecule has 0 nitrogen and oxygen atoms in total. The zero-order chi connectivity index (χ0) is 10.9. The Hall–Kier alpha value is -1.06. The lowest BCUT2D eigenvalue weighted by Gasteiger charge is -2.17. The van der Waals surface area contributed by atoms with E-state index in [0.717, 1.165) is 13.0 Å². The van der Waals surface area contributed by atoms with E-state index in [4.69, 9.17) is 0 Å². The second kappa shape index (κ2) is 3.98. The number of allylic oxidation sites excluding steroid dienone is 6. The zero-order valence-corrected chi connectivity index (χ0v) is 7.87. The summed E-state index contributed by atoms with van der Waals surface area (Å²) in [5, 5.41) is 0. The Morgan fingerprint density at radius 1 is 1.21 bits per heavy atom. The summed E-state index contributed by atoms with van der Waals surface area (Å²) < 4.78 is 52.2. The Morgan fingerprint density at radius 3 is 2.29 bits per heavy atom. The molecular weight excluding hydrogens is 196 g/mol. The van der Waals surface area contributed by atoms with Crippen molar-refractivity contribution in [3.05, 3.63) is 34.7 Å². The fraction of sp³-hybridized carbons (Fsp3) is 0.400. The Bertz CT molecular complexity index is 336. The Morgan fingerprint density at radius 2 is 1.79 bits per heavy atom. The molecule has 0 heterocycles. The molecule has 14 heavy (non-hydrogen) atoms. The quantitative estimate of drug-likeness (QED) is 0.567. The fourth-order valence-corrected chi connectivity index (χ4v) is 1.25. The molecule has 0 saturated carbocycles. The minimum absolute atomic E-state index is 0.322. The second-order valence-electron chi connectivity index (χ2n) is 3.03. The first kappa shape index (κ1) is 11.0. The van der Waals surface area contributed by atoms with Crippen LogP contribution in [0.4, 0.5) is 17.6 Å². The third-order valence-corrected chi connectivity index (χ3v) is 2.05. The average Bonchev–Trinajstić information content (AvgIpc) is 2.19. The highest BCUT2D eigenvalue weighted by Gasteiger charge is 2.32. The van der Waals surface area contributed by atoms with E-state index in [1.807, 2.05) is 0 Å². The molecular formula is C10H10F4.